The summed E-state index contributed by atoms with van der Waals surface area (Å²) in [6.07, 6.45) is 1.44. The summed E-state index contributed by atoms with van der Waals surface area (Å²) >= 11 is 0. The SMILES string of the molecule is CCOc1ccc(-c2ccc(N3CCN(C(=O)Cn4cnc(-c5ccccc5)cc4=O)CC3)nn2)cc1. The zero-order valence-corrected chi connectivity index (χ0v) is 20.7. The van der Waals surface area contributed by atoms with Crippen LogP contribution in [0.25, 0.3) is 22.5 Å². The Kier molecular flexibility index (Phi) is 7.21. The molecule has 188 valence electrons. The Balaban J connectivity index is 1.16. The molecular formula is C28H28N6O3. The fourth-order valence-corrected chi connectivity index (χ4v) is 4.28. The van der Waals surface area contributed by atoms with E-state index in [0.29, 0.717) is 38.5 Å². The number of piperazine rings is 1. The van der Waals surface area contributed by atoms with Crippen LogP contribution in [-0.2, 0) is 11.3 Å². The minimum Gasteiger partial charge on any atom is -0.494 e. The summed E-state index contributed by atoms with van der Waals surface area (Å²) in [6.45, 7) is 4.93. The standard InChI is InChI=1S/C28H28N6O3/c1-2-37-23-10-8-22(9-11-23)24-12-13-26(31-30-24)32-14-16-33(17-15-32)28(36)19-34-20-29-25(18-27(34)35)21-6-4-3-5-7-21/h3-13,18,20H,2,14-17,19H2,1H3. The summed E-state index contributed by atoms with van der Waals surface area (Å²) in [4.78, 5) is 33.7. The Labute approximate surface area is 215 Å². The highest BCUT2D eigenvalue weighted by molar-refractivity contribution is 5.76. The van der Waals surface area contributed by atoms with Gasteiger partial charge in [0.25, 0.3) is 5.56 Å². The van der Waals surface area contributed by atoms with Gasteiger partial charge in [-0.1, -0.05) is 30.3 Å². The maximum absolute atomic E-state index is 12.9. The first kappa shape index (κ1) is 24.2. The first-order valence-electron chi connectivity index (χ1n) is 12.3. The van der Waals surface area contributed by atoms with E-state index in [0.717, 1.165) is 28.4 Å². The lowest BCUT2D eigenvalue weighted by Gasteiger charge is -2.35. The van der Waals surface area contributed by atoms with Crippen molar-refractivity contribution < 1.29 is 9.53 Å². The van der Waals surface area contributed by atoms with Gasteiger partial charge in [-0.15, -0.1) is 10.2 Å². The summed E-state index contributed by atoms with van der Waals surface area (Å²) in [5.74, 6) is 1.50. The molecule has 0 N–H and O–H groups in total. The van der Waals surface area contributed by atoms with E-state index in [2.05, 4.69) is 20.1 Å². The van der Waals surface area contributed by atoms with Crippen molar-refractivity contribution in [3.05, 3.63) is 89.5 Å². The highest BCUT2D eigenvalue weighted by Gasteiger charge is 2.22. The van der Waals surface area contributed by atoms with Crippen LogP contribution in [0, 0.1) is 0 Å². The molecule has 1 saturated heterocycles. The summed E-state index contributed by atoms with van der Waals surface area (Å²) in [7, 11) is 0. The molecule has 0 unspecified atom stereocenters. The van der Waals surface area contributed by atoms with Crippen LogP contribution in [0.15, 0.2) is 83.9 Å². The van der Waals surface area contributed by atoms with Crippen molar-refractivity contribution in [3.63, 3.8) is 0 Å². The van der Waals surface area contributed by atoms with Gasteiger partial charge in [0.15, 0.2) is 5.82 Å². The third-order valence-electron chi connectivity index (χ3n) is 6.32. The van der Waals surface area contributed by atoms with E-state index in [1.54, 1.807) is 4.90 Å². The molecule has 1 aliphatic heterocycles. The van der Waals surface area contributed by atoms with Crippen LogP contribution in [0.1, 0.15) is 6.92 Å². The Hall–Kier alpha value is -4.53. The minimum atomic E-state index is -0.247. The third kappa shape index (κ3) is 5.66. The lowest BCUT2D eigenvalue weighted by molar-refractivity contribution is -0.132. The van der Waals surface area contributed by atoms with Gasteiger partial charge in [-0.25, -0.2) is 4.98 Å². The number of hydrogen-bond donors (Lipinski definition) is 0. The van der Waals surface area contributed by atoms with Crippen LogP contribution >= 0.6 is 0 Å². The van der Waals surface area contributed by atoms with Gasteiger partial charge in [-0.05, 0) is 43.3 Å². The zero-order chi connectivity index (χ0) is 25.6. The summed E-state index contributed by atoms with van der Waals surface area (Å²) in [6, 6.07) is 22.7. The number of amides is 1. The van der Waals surface area contributed by atoms with E-state index in [-0.39, 0.29) is 18.0 Å². The molecule has 4 aromatic rings. The van der Waals surface area contributed by atoms with Gasteiger partial charge in [0.2, 0.25) is 5.91 Å². The molecule has 9 nitrogen and oxygen atoms in total. The van der Waals surface area contributed by atoms with Gasteiger partial charge in [0.1, 0.15) is 12.3 Å². The first-order chi connectivity index (χ1) is 18.1. The highest BCUT2D eigenvalue weighted by Crippen LogP contribution is 2.22. The third-order valence-corrected chi connectivity index (χ3v) is 6.32. The number of aromatic nitrogens is 4. The number of carbonyl (C=O) groups excluding carboxylic acids is 1. The van der Waals surface area contributed by atoms with E-state index in [1.807, 2.05) is 73.7 Å². The average molecular weight is 497 g/mol. The number of nitrogens with zero attached hydrogens (tertiary/aromatic N) is 6. The average Bonchev–Trinajstić information content (AvgIpc) is 2.95. The van der Waals surface area contributed by atoms with Gasteiger partial charge in [-0.2, -0.15) is 0 Å². The topological polar surface area (TPSA) is 93.5 Å². The molecule has 0 saturated carbocycles. The summed E-state index contributed by atoms with van der Waals surface area (Å²) in [5.41, 5.74) is 2.98. The van der Waals surface area contributed by atoms with E-state index in [9.17, 15) is 9.59 Å². The number of anilines is 1. The lowest BCUT2D eigenvalue weighted by Crippen LogP contribution is -2.50. The predicted molar refractivity (Wildman–Crippen MR) is 141 cm³/mol. The molecule has 0 aliphatic carbocycles. The van der Waals surface area contributed by atoms with Gasteiger partial charge >= 0.3 is 0 Å². The summed E-state index contributed by atoms with van der Waals surface area (Å²) < 4.78 is 6.84. The first-order valence-corrected chi connectivity index (χ1v) is 12.3. The quantitative estimate of drug-likeness (QED) is 0.388. The van der Waals surface area contributed by atoms with Crippen LogP contribution in [0.2, 0.25) is 0 Å². The van der Waals surface area contributed by atoms with Crippen molar-refractivity contribution in [3.8, 4) is 28.3 Å². The molecule has 0 atom stereocenters. The van der Waals surface area contributed by atoms with E-state index < -0.39 is 0 Å². The molecule has 2 aromatic heterocycles. The molecule has 9 heteroatoms. The Bertz CT molecular complexity index is 1400. The molecule has 0 radical (unpaired) electrons. The number of benzene rings is 2. The molecule has 3 heterocycles. The van der Waals surface area contributed by atoms with Crippen molar-refractivity contribution >= 4 is 11.7 Å². The molecule has 0 bridgehead atoms. The van der Waals surface area contributed by atoms with Crippen molar-refractivity contribution in [2.24, 2.45) is 0 Å². The maximum atomic E-state index is 12.9. The molecule has 1 amide bonds. The maximum Gasteiger partial charge on any atom is 0.254 e. The molecule has 37 heavy (non-hydrogen) atoms. The zero-order valence-electron chi connectivity index (χ0n) is 20.7. The second-order valence-electron chi connectivity index (χ2n) is 8.71. The number of rotatable bonds is 7. The number of hydrogen-bond acceptors (Lipinski definition) is 7. The van der Waals surface area contributed by atoms with Gasteiger partial charge in [-0.3, -0.25) is 14.2 Å². The van der Waals surface area contributed by atoms with Crippen molar-refractivity contribution in [1.29, 1.82) is 0 Å². The van der Waals surface area contributed by atoms with Crippen LogP contribution < -0.4 is 15.2 Å². The van der Waals surface area contributed by atoms with Crippen LogP contribution in [0.3, 0.4) is 0 Å². The van der Waals surface area contributed by atoms with E-state index >= 15 is 0 Å². The molecular weight excluding hydrogens is 468 g/mol. The molecule has 0 spiro atoms. The minimum absolute atomic E-state index is 0.0303. The smallest absolute Gasteiger partial charge is 0.254 e. The molecule has 1 aliphatic rings. The second kappa shape index (κ2) is 11.0. The van der Waals surface area contributed by atoms with Crippen molar-refractivity contribution in [2.75, 3.05) is 37.7 Å². The monoisotopic (exact) mass is 496 g/mol. The fourth-order valence-electron chi connectivity index (χ4n) is 4.28. The van der Waals surface area contributed by atoms with Gasteiger partial charge < -0.3 is 14.5 Å². The normalized spacial score (nSPS) is 13.4. The largest absolute Gasteiger partial charge is 0.494 e. The Morgan fingerprint density at radius 2 is 1.59 bits per heavy atom. The Morgan fingerprint density at radius 1 is 0.865 bits per heavy atom. The highest BCUT2D eigenvalue weighted by atomic mass is 16.5. The lowest BCUT2D eigenvalue weighted by atomic mass is 10.1. The Morgan fingerprint density at radius 3 is 2.24 bits per heavy atom. The predicted octanol–water partition coefficient (Wildman–Crippen LogP) is 3.11. The number of carbonyl (C=O) groups is 1. The van der Waals surface area contributed by atoms with E-state index in [4.69, 9.17) is 4.74 Å². The van der Waals surface area contributed by atoms with Gasteiger partial charge in [0, 0.05) is 43.4 Å². The number of ether oxygens (including phenoxy) is 1. The fraction of sp³-hybridized carbons (Fsp3) is 0.250. The van der Waals surface area contributed by atoms with Crippen LogP contribution in [-0.4, -0.2) is 63.3 Å². The molecule has 1 fully saturated rings. The molecule has 2 aromatic carbocycles. The van der Waals surface area contributed by atoms with Crippen molar-refractivity contribution in [2.45, 2.75) is 13.5 Å². The molecule has 5 rings (SSSR count). The summed E-state index contributed by atoms with van der Waals surface area (Å²) in [5, 5.41) is 8.80. The van der Waals surface area contributed by atoms with Crippen molar-refractivity contribution in [1.82, 2.24) is 24.6 Å². The second-order valence-corrected chi connectivity index (χ2v) is 8.71. The van der Waals surface area contributed by atoms with Crippen LogP contribution in [0.4, 0.5) is 5.82 Å². The van der Waals surface area contributed by atoms with Crippen LogP contribution in [0.5, 0.6) is 5.75 Å². The van der Waals surface area contributed by atoms with Gasteiger partial charge in [0.05, 0.1) is 24.3 Å². The van der Waals surface area contributed by atoms with E-state index in [1.165, 1.54) is 17.0 Å².